The van der Waals surface area contributed by atoms with Gasteiger partial charge in [0.25, 0.3) is 0 Å². The average Bonchev–Trinajstić information content (AvgIpc) is 2.86. The van der Waals surface area contributed by atoms with Crippen molar-refractivity contribution in [1.29, 1.82) is 0 Å². The molecule has 1 aliphatic heterocycles. The topological polar surface area (TPSA) is 82.9 Å². The zero-order valence-corrected chi connectivity index (χ0v) is 19.4. The molecule has 2 heterocycles. The smallest absolute Gasteiger partial charge is 0.410 e. The molecule has 6 nitrogen and oxygen atoms in total. The summed E-state index contributed by atoms with van der Waals surface area (Å²) in [5.74, 6) is -0.179. The lowest BCUT2D eigenvalue weighted by molar-refractivity contribution is -0.0262. The van der Waals surface area contributed by atoms with Crippen molar-refractivity contribution in [3.63, 3.8) is 0 Å². The highest BCUT2D eigenvalue weighted by atomic mass is 35.5. The summed E-state index contributed by atoms with van der Waals surface area (Å²) in [6.45, 7) is 6.32. The predicted molar refractivity (Wildman–Crippen MR) is 124 cm³/mol. The van der Waals surface area contributed by atoms with Crippen LogP contribution in [0, 0.1) is 5.92 Å². The van der Waals surface area contributed by atoms with Gasteiger partial charge in [0.2, 0.25) is 0 Å². The van der Waals surface area contributed by atoms with Crippen LogP contribution in [0.5, 0.6) is 0 Å². The number of carbonyl (C=O) groups excluding carboxylic acids is 1. The number of carbonyl (C=O) groups is 1. The molecule has 4 rings (SSSR count). The van der Waals surface area contributed by atoms with E-state index in [-0.39, 0.29) is 18.6 Å². The predicted octanol–water partition coefficient (Wildman–Crippen LogP) is 4.46. The quantitative estimate of drug-likeness (QED) is 0.696. The number of fused-ring (bicyclic) bond motifs is 2. The Kier molecular flexibility index (Phi) is 6.05. The van der Waals surface area contributed by atoms with Crippen LogP contribution in [0.3, 0.4) is 0 Å². The van der Waals surface area contributed by atoms with Gasteiger partial charge in [0.15, 0.2) is 0 Å². The third-order valence-electron chi connectivity index (χ3n) is 6.18. The second kappa shape index (κ2) is 8.50. The van der Waals surface area contributed by atoms with Crippen LogP contribution in [0.4, 0.5) is 4.79 Å². The second-order valence-corrected chi connectivity index (χ2v) is 9.90. The number of hydrogen-bond acceptors (Lipinski definition) is 5. The van der Waals surface area contributed by atoms with E-state index in [0.717, 1.165) is 11.1 Å². The molecule has 1 aromatic carbocycles. The van der Waals surface area contributed by atoms with Crippen molar-refractivity contribution >= 4 is 29.3 Å². The van der Waals surface area contributed by atoms with Crippen LogP contribution in [-0.4, -0.2) is 51.5 Å². The summed E-state index contributed by atoms with van der Waals surface area (Å²) in [6, 6.07) is 9.08. The van der Waals surface area contributed by atoms with Gasteiger partial charge in [0.1, 0.15) is 11.2 Å². The van der Waals surface area contributed by atoms with Crippen molar-refractivity contribution in [2.24, 2.45) is 5.92 Å². The third-order valence-corrected chi connectivity index (χ3v) is 6.41. The van der Waals surface area contributed by atoms with Gasteiger partial charge < -0.3 is 19.8 Å². The number of benzene rings is 1. The van der Waals surface area contributed by atoms with Gasteiger partial charge in [-0.2, -0.15) is 0 Å². The highest BCUT2D eigenvalue weighted by Crippen LogP contribution is 2.47. The van der Waals surface area contributed by atoms with E-state index < -0.39 is 11.2 Å². The number of aliphatic hydroxyl groups excluding tert-OH is 1. The second-order valence-electron chi connectivity index (χ2n) is 9.47. The van der Waals surface area contributed by atoms with Crippen molar-refractivity contribution in [3.8, 4) is 0 Å². The minimum absolute atomic E-state index is 0.179. The van der Waals surface area contributed by atoms with Crippen molar-refractivity contribution < 1.29 is 19.7 Å². The lowest BCUT2D eigenvalue weighted by atomic mass is 9.72. The maximum absolute atomic E-state index is 12.5. The first-order chi connectivity index (χ1) is 15.1. The Morgan fingerprint density at radius 1 is 1.28 bits per heavy atom. The Labute approximate surface area is 193 Å². The van der Waals surface area contributed by atoms with Gasteiger partial charge in [-0.15, -0.1) is 0 Å². The number of ether oxygens (including phenoxy) is 1. The number of aliphatic hydroxyl groups is 2. The largest absolute Gasteiger partial charge is 0.444 e. The van der Waals surface area contributed by atoms with E-state index >= 15 is 0 Å². The first kappa shape index (κ1) is 22.8. The molecule has 2 aromatic rings. The van der Waals surface area contributed by atoms with Gasteiger partial charge in [-0.3, -0.25) is 4.98 Å². The lowest BCUT2D eigenvalue weighted by Crippen LogP contribution is -2.47. The number of aromatic nitrogens is 1. The molecule has 2 aliphatic rings. The molecule has 1 aromatic heterocycles. The zero-order valence-electron chi connectivity index (χ0n) is 18.6. The maximum atomic E-state index is 12.5. The highest BCUT2D eigenvalue weighted by Gasteiger charge is 2.47. The molecule has 1 atom stereocenters. The number of likely N-dealkylation sites (tertiary alicyclic amines) is 1. The van der Waals surface area contributed by atoms with Crippen LogP contribution < -0.4 is 0 Å². The third kappa shape index (κ3) is 4.15. The van der Waals surface area contributed by atoms with Gasteiger partial charge in [-0.25, -0.2) is 4.79 Å². The summed E-state index contributed by atoms with van der Waals surface area (Å²) >= 11 is 6.28. The van der Waals surface area contributed by atoms with Gasteiger partial charge in [-0.1, -0.05) is 23.7 Å². The Balaban J connectivity index is 1.73. The summed E-state index contributed by atoms with van der Waals surface area (Å²) in [5.41, 5.74) is 1.46. The van der Waals surface area contributed by atoms with E-state index in [1.807, 2.05) is 45.0 Å². The van der Waals surface area contributed by atoms with E-state index in [1.54, 1.807) is 23.2 Å². The summed E-state index contributed by atoms with van der Waals surface area (Å²) in [6.07, 6.45) is 4.38. The molecule has 0 radical (unpaired) electrons. The summed E-state index contributed by atoms with van der Waals surface area (Å²) in [4.78, 5) is 18.8. The molecule has 32 heavy (non-hydrogen) atoms. The number of rotatable bonds is 2. The molecule has 0 bridgehead atoms. The number of piperidine rings is 1. The van der Waals surface area contributed by atoms with Gasteiger partial charge in [0.05, 0.1) is 12.3 Å². The minimum atomic E-state index is -1.38. The van der Waals surface area contributed by atoms with Crippen LogP contribution >= 0.6 is 11.6 Å². The van der Waals surface area contributed by atoms with E-state index in [2.05, 4.69) is 4.98 Å². The van der Waals surface area contributed by atoms with Gasteiger partial charge in [0, 0.05) is 30.2 Å². The molecule has 1 fully saturated rings. The fourth-order valence-electron chi connectivity index (χ4n) is 4.71. The van der Waals surface area contributed by atoms with E-state index in [4.69, 9.17) is 16.3 Å². The van der Waals surface area contributed by atoms with Crippen molar-refractivity contribution in [2.75, 3.05) is 19.7 Å². The number of pyridine rings is 1. The van der Waals surface area contributed by atoms with Crippen LogP contribution in [0.25, 0.3) is 11.6 Å². The molecular formula is C25H29ClN2O4. The molecule has 0 spiro atoms. The van der Waals surface area contributed by atoms with Gasteiger partial charge >= 0.3 is 6.09 Å². The number of amides is 1. The van der Waals surface area contributed by atoms with Crippen LogP contribution in [0.1, 0.15) is 56.0 Å². The number of hydrogen-bond donors (Lipinski definition) is 2. The fraction of sp³-hybridized carbons (Fsp3) is 0.440. The first-order valence-corrected chi connectivity index (χ1v) is 11.3. The zero-order chi connectivity index (χ0) is 23.1. The molecule has 1 unspecified atom stereocenters. The van der Waals surface area contributed by atoms with Crippen molar-refractivity contribution in [2.45, 2.75) is 44.8 Å². The lowest BCUT2D eigenvalue weighted by Gasteiger charge is -2.42. The Morgan fingerprint density at radius 2 is 2.00 bits per heavy atom. The van der Waals surface area contributed by atoms with Crippen LogP contribution in [0.15, 0.2) is 36.5 Å². The molecular weight excluding hydrogens is 428 g/mol. The number of halogens is 1. The standard InChI is InChI=1S/C25H29ClN2O4/c1-24(2,3)32-23(30)28-11-8-18(9-12-28)25(31)21-7-6-19(26)14-20(21)17(15-29)13-16-5-4-10-27-22(16)25/h4-7,10,13-14,18,29,31H,8-9,11-12,15H2,1-3H3. The van der Waals surface area contributed by atoms with E-state index in [0.29, 0.717) is 47.8 Å². The maximum Gasteiger partial charge on any atom is 0.410 e. The summed E-state index contributed by atoms with van der Waals surface area (Å²) < 4.78 is 5.52. The number of nitrogens with zero attached hydrogens (tertiary/aromatic N) is 2. The monoisotopic (exact) mass is 456 g/mol. The highest BCUT2D eigenvalue weighted by molar-refractivity contribution is 6.30. The molecule has 7 heteroatoms. The summed E-state index contributed by atoms with van der Waals surface area (Å²) in [5, 5.41) is 22.9. The minimum Gasteiger partial charge on any atom is -0.444 e. The van der Waals surface area contributed by atoms with Crippen molar-refractivity contribution in [1.82, 2.24) is 9.88 Å². The Hall–Kier alpha value is -2.41. The normalized spacial score (nSPS) is 21.3. The Morgan fingerprint density at radius 3 is 2.66 bits per heavy atom. The average molecular weight is 457 g/mol. The molecule has 170 valence electrons. The molecule has 0 saturated carbocycles. The molecule has 1 aliphatic carbocycles. The molecule has 1 amide bonds. The first-order valence-electron chi connectivity index (χ1n) is 10.9. The molecule has 2 N–H and O–H groups in total. The van der Waals surface area contributed by atoms with Crippen LogP contribution in [-0.2, 0) is 10.3 Å². The SMILES string of the molecule is CC(C)(C)OC(=O)N1CCC(C2(O)c3ccc(Cl)cc3C(CO)=Cc3cccnc32)CC1. The van der Waals surface area contributed by atoms with Crippen LogP contribution in [0.2, 0.25) is 5.02 Å². The summed E-state index contributed by atoms with van der Waals surface area (Å²) in [7, 11) is 0. The Bertz CT molecular complexity index is 1050. The van der Waals surface area contributed by atoms with Gasteiger partial charge in [-0.05, 0) is 80.2 Å². The van der Waals surface area contributed by atoms with Crippen molar-refractivity contribution in [3.05, 3.63) is 63.9 Å². The fourth-order valence-corrected chi connectivity index (χ4v) is 4.88. The van der Waals surface area contributed by atoms with E-state index in [9.17, 15) is 15.0 Å². The molecule has 1 saturated heterocycles. The van der Waals surface area contributed by atoms with E-state index in [1.165, 1.54) is 0 Å².